The molecule has 0 heterocycles. The number of ether oxygens (including phenoxy) is 1. The Kier molecular flexibility index (Phi) is 8.09. The summed E-state index contributed by atoms with van der Waals surface area (Å²) in [7, 11) is 0. The number of rotatable bonds is 6. The van der Waals surface area contributed by atoms with Gasteiger partial charge in [-0.15, -0.1) is 0 Å². The maximum Gasteiger partial charge on any atom is 0.337 e. The Morgan fingerprint density at radius 2 is 1.97 bits per heavy atom. The number of nitrogens with one attached hydrogen (secondary N) is 2. The van der Waals surface area contributed by atoms with E-state index in [1.807, 2.05) is 45.2 Å². The summed E-state index contributed by atoms with van der Waals surface area (Å²) in [5.74, 6) is -1.79. The lowest BCUT2D eigenvalue weighted by Gasteiger charge is -2.14. The van der Waals surface area contributed by atoms with Crippen LogP contribution < -0.4 is 15.4 Å². The first-order valence-corrected chi connectivity index (χ1v) is 10.5. The van der Waals surface area contributed by atoms with Crippen molar-refractivity contribution in [2.24, 2.45) is 0 Å². The summed E-state index contributed by atoms with van der Waals surface area (Å²) in [4.78, 5) is 34.5. The van der Waals surface area contributed by atoms with Gasteiger partial charge in [-0.1, -0.05) is 0 Å². The van der Waals surface area contributed by atoms with Crippen molar-refractivity contribution in [2.75, 3.05) is 11.9 Å². The quantitative estimate of drug-likeness (QED) is 0.187. The van der Waals surface area contributed by atoms with Gasteiger partial charge in [0, 0.05) is 18.8 Å². The Labute approximate surface area is 197 Å². The first-order chi connectivity index (χ1) is 13.6. The third-order valence-corrected chi connectivity index (χ3v) is 5.15. The molecule has 0 atom stereocenters. The van der Waals surface area contributed by atoms with Gasteiger partial charge in [-0.25, -0.2) is 4.79 Å². The fraction of sp³-hybridized carbons (Fsp3) is 0.118. The van der Waals surface area contributed by atoms with Crippen LogP contribution in [0.15, 0.2) is 30.3 Å². The first-order valence-electron chi connectivity index (χ1n) is 7.90. The number of carbonyl (C=O) groups excluding carboxylic acids is 1. The van der Waals surface area contributed by atoms with Gasteiger partial charge in [0.2, 0.25) is 0 Å². The molecule has 0 aliphatic heterocycles. The Balaban J connectivity index is 2.22. The Morgan fingerprint density at radius 3 is 2.55 bits per heavy atom. The minimum Gasteiger partial charge on any atom is -0.487 e. The molecule has 0 unspecified atom stereocenters. The number of thiocarbonyl (C=S) groups is 1. The van der Waals surface area contributed by atoms with Gasteiger partial charge in [-0.05, 0) is 88.6 Å². The van der Waals surface area contributed by atoms with Gasteiger partial charge in [-0.3, -0.25) is 20.2 Å². The zero-order valence-electron chi connectivity index (χ0n) is 14.7. The van der Waals surface area contributed by atoms with E-state index >= 15 is 0 Å². The van der Waals surface area contributed by atoms with Crippen molar-refractivity contribution >= 4 is 85.8 Å². The lowest BCUT2D eigenvalue weighted by Crippen LogP contribution is -2.34. The summed E-state index contributed by atoms with van der Waals surface area (Å²) in [6, 6.07) is 6.99. The molecule has 0 bridgehead atoms. The van der Waals surface area contributed by atoms with Gasteiger partial charge >= 0.3 is 11.7 Å². The number of nitrogens with zero attached hydrogens (tertiary/aromatic N) is 1. The maximum atomic E-state index is 12.4. The molecule has 12 heteroatoms. The van der Waals surface area contributed by atoms with Gasteiger partial charge in [0.1, 0.15) is 0 Å². The van der Waals surface area contributed by atoms with Crippen LogP contribution in [0.1, 0.15) is 27.6 Å². The predicted octanol–water partition coefficient (Wildman–Crippen LogP) is 4.03. The molecule has 152 valence electrons. The van der Waals surface area contributed by atoms with E-state index in [0.717, 1.165) is 9.64 Å². The number of anilines is 1. The summed E-state index contributed by atoms with van der Waals surface area (Å²) >= 11 is 9.05. The van der Waals surface area contributed by atoms with Crippen molar-refractivity contribution in [3.8, 4) is 5.75 Å². The largest absolute Gasteiger partial charge is 0.487 e. The number of carboxylic acids is 1. The monoisotopic (exact) mass is 641 g/mol. The molecule has 0 radical (unpaired) electrons. The molecule has 0 aromatic heterocycles. The second-order valence-electron chi connectivity index (χ2n) is 5.40. The molecule has 9 nitrogen and oxygen atoms in total. The van der Waals surface area contributed by atoms with Gasteiger partial charge in [0.25, 0.3) is 5.91 Å². The Morgan fingerprint density at radius 1 is 1.28 bits per heavy atom. The van der Waals surface area contributed by atoms with Crippen LogP contribution in [0.4, 0.5) is 11.4 Å². The highest BCUT2D eigenvalue weighted by molar-refractivity contribution is 14.1. The fourth-order valence-electron chi connectivity index (χ4n) is 2.27. The topological polar surface area (TPSA) is 131 Å². The van der Waals surface area contributed by atoms with Gasteiger partial charge in [0.05, 0.1) is 22.8 Å². The molecule has 0 saturated carbocycles. The third-order valence-electron chi connectivity index (χ3n) is 3.47. The predicted molar refractivity (Wildman–Crippen MR) is 127 cm³/mol. The molecule has 3 N–H and O–H groups in total. The number of amides is 1. The van der Waals surface area contributed by atoms with Gasteiger partial charge in [-0.2, -0.15) is 0 Å². The third kappa shape index (κ3) is 5.96. The molecule has 2 rings (SSSR count). The van der Waals surface area contributed by atoms with Crippen molar-refractivity contribution in [1.29, 1.82) is 0 Å². The van der Waals surface area contributed by atoms with Crippen molar-refractivity contribution in [1.82, 2.24) is 5.32 Å². The lowest BCUT2D eigenvalue weighted by molar-refractivity contribution is -0.385. The van der Waals surface area contributed by atoms with E-state index < -0.39 is 16.8 Å². The first kappa shape index (κ1) is 23.2. The maximum absolute atomic E-state index is 12.4. The van der Waals surface area contributed by atoms with Crippen molar-refractivity contribution < 1.29 is 24.4 Å². The van der Waals surface area contributed by atoms with Crippen LogP contribution in [-0.2, 0) is 0 Å². The molecule has 0 fully saturated rings. The molecule has 2 aromatic carbocycles. The number of benzene rings is 2. The van der Waals surface area contributed by atoms with Crippen LogP contribution in [0, 0.1) is 17.3 Å². The van der Waals surface area contributed by atoms with E-state index in [0.29, 0.717) is 3.57 Å². The van der Waals surface area contributed by atoms with Crippen molar-refractivity contribution in [3.63, 3.8) is 0 Å². The number of halogens is 2. The zero-order chi connectivity index (χ0) is 21.7. The number of carbonyl (C=O) groups is 2. The second-order valence-corrected chi connectivity index (χ2v) is 8.21. The summed E-state index contributed by atoms with van der Waals surface area (Å²) in [5, 5.41) is 25.5. The molecule has 2 aromatic rings. The van der Waals surface area contributed by atoms with Crippen LogP contribution in [0.5, 0.6) is 5.75 Å². The number of carboxylic acid groups (broad SMARTS) is 1. The molecular weight excluding hydrogens is 628 g/mol. The summed E-state index contributed by atoms with van der Waals surface area (Å²) in [6.45, 7) is 1.92. The summed E-state index contributed by atoms with van der Waals surface area (Å²) < 4.78 is 6.51. The number of aromatic carboxylic acids is 1. The minimum absolute atomic E-state index is 0.0000631. The molecule has 0 aliphatic carbocycles. The molecule has 29 heavy (non-hydrogen) atoms. The Bertz CT molecular complexity index is 1010. The van der Waals surface area contributed by atoms with Crippen molar-refractivity contribution in [2.45, 2.75) is 6.92 Å². The van der Waals surface area contributed by atoms with E-state index in [1.54, 1.807) is 13.0 Å². The van der Waals surface area contributed by atoms with E-state index in [2.05, 4.69) is 10.6 Å². The second kappa shape index (κ2) is 10.1. The minimum atomic E-state index is -1.15. The lowest BCUT2D eigenvalue weighted by atomic mass is 10.1. The highest BCUT2D eigenvalue weighted by atomic mass is 127. The van der Waals surface area contributed by atoms with Crippen LogP contribution in [0.2, 0.25) is 0 Å². The SMILES string of the molecule is CCOc1ccc(C(=O)NC(=S)Nc2c(I)cc(I)cc2C(=O)O)cc1[N+](=O)[O-]. The van der Waals surface area contributed by atoms with Crippen molar-refractivity contribution in [3.05, 3.63) is 58.7 Å². The molecule has 0 saturated heterocycles. The zero-order valence-corrected chi connectivity index (χ0v) is 19.8. The molecule has 0 aliphatic rings. The van der Waals surface area contributed by atoms with Crippen LogP contribution >= 0.6 is 57.4 Å². The van der Waals surface area contributed by atoms with Crippen LogP contribution in [-0.4, -0.2) is 33.6 Å². The van der Waals surface area contributed by atoms with Gasteiger partial charge in [0.15, 0.2) is 10.9 Å². The summed E-state index contributed by atoms with van der Waals surface area (Å²) in [6.07, 6.45) is 0. The standard InChI is InChI=1S/C17H13I2N3O6S/c1-2-28-13-4-3-8(5-12(13)22(26)27)15(23)21-17(29)20-14-10(16(24)25)6-9(18)7-11(14)19/h3-7H,2H2,1H3,(H,24,25)(H2,20,21,23,29). The number of nitro benzene ring substituents is 1. The number of nitro groups is 1. The molecule has 1 amide bonds. The molecular formula is C17H13I2N3O6S. The van der Waals surface area contributed by atoms with E-state index in [-0.39, 0.29) is 40.0 Å². The van der Waals surface area contributed by atoms with Crippen LogP contribution in [0.3, 0.4) is 0 Å². The fourth-order valence-corrected chi connectivity index (χ4v) is 4.44. The number of hydrogen-bond acceptors (Lipinski definition) is 6. The average Bonchev–Trinajstić information content (AvgIpc) is 2.63. The van der Waals surface area contributed by atoms with E-state index in [9.17, 15) is 24.8 Å². The smallest absolute Gasteiger partial charge is 0.337 e. The highest BCUT2D eigenvalue weighted by Crippen LogP contribution is 2.28. The highest BCUT2D eigenvalue weighted by Gasteiger charge is 2.20. The normalized spacial score (nSPS) is 10.2. The van der Waals surface area contributed by atoms with E-state index in [4.69, 9.17) is 17.0 Å². The van der Waals surface area contributed by atoms with E-state index in [1.165, 1.54) is 18.2 Å². The molecule has 0 spiro atoms. The van der Waals surface area contributed by atoms with Crippen LogP contribution in [0.25, 0.3) is 0 Å². The average molecular weight is 641 g/mol. The number of hydrogen-bond donors (Lipinski definition) is 3. The van der Waals surface area contributed by atoms with Gasteiger partial charge < -0.3 is 15.2 Å². The Hall–Kier alpha value is -2.07. The summed E-state index contributed by atoms with van der Waals surface area (Å²) in [5.41, 5.74) is -0.116.